The van der Waals surface area contributed by atoms with Gasteiger partial charge in [-0.1, -0.05) is 12.1 Å². The zero-order valence-corrected chi connectivity index (χ0v) is 12.3. The number of hydrazine groups is 1. The number of hydrogen-bond acceptors (Lipinski definition) is 5. The summed E-state index contributed by atoms with van der Waals surface area (Å²) in [6, 6.07) is 6.51. The summed E-state index contributed by atoms with van der Waals surface area (Å²) in [4.78, 5) is 0.157. The fourth-order valence-corrected chi connectivity index (χ4v) is 2.82. The molecule has 0 aliphatic heterocycles. The monoisotopic (exact) mass is 287 g/mol. The number of likely N-dealkylation sites (N-methyl/N-ethyl adjacent to an activating group) is 1. The minimum Gasteiger partial charge on any atom is -0.377 e. The summed E-state index contributed by atoms with van der Waals surface area (Å²) in [5.74, 6) is 5.33. The van der Waals surface area contributed by atoms with Gasteiger partial charge in [0, 0.05) is 13.6 Å². The predicted molar refractivity (Wildman–Crippen MR) is 75.2 cm³/mol. The fourth-order valence-electron chi connectivity index (χ4n) is 1.52. The van der Waals surface area contributed by atoms with Gasteiger partial charge in [-0.25, -0.2) is 8.42 Å². The van der Waals surface area contributed by atoms with E-state index in [9.17, 15) is 8.42 Å². The SMILES string of the molecule is CC(C)OCCN(C)S(=O)(=O)c1ccccc1NN. The van der Waals surface area contributed by atoms with Gasteiger partial charge in [0.2, 0.25) is 10.0 Å². The maximum Gasteiger partial charge on any atom is 0.244 e. The largest absolute Gasteiger partial charge is 0.377 e. The summed E-state index contributed by atoms with van der Waals surface area (Å²) in [7, 11) is -2.05. The molecule has 7 heteroatoms. The lowest BCUT2D eigenvalue weighted by Gasteiger charge is -2.19. The third kappa shape index (κ3) is 4.17. The summed E-state index contributed by atoms with van der Waals surface area (Å²) in [6.45, 7) is 4.45. The van der Waals surface area contributed by atoms with E-state index >= 15 is 0 Å². The van der Waals surface area contributed by atoms with Gasteiger partial charge in [0.1, 0.15) is 4.90 Å². The van der Waals surface area contributed by atoms with Crippen LogP contribution < -0.4 is 11.3 Å². The van der Waals surface area contributed by atoms with E-state index in [1.807, 2.05) is 13.8 Å². The number of sulfonamides is 1. The van der Waals surface area contributed by atoms with E-state index in [0.717, 1.165) is 0 Å². The van der Waals surface area contributed by atoms with Crippen LogP contribution in [0.2, 0.25) is 0 Å². The topological polar surface area (TPSA) is 84.7 Å². The molecule has 1 aromatic rings. The van der Waals surface area contributed by atoms with Crippen LogP contribution in [0.5, 0.6) is 0 Å². The van der Waals surface area contributed by atoms with Crippen molar-refractivity contribution in [3.8, 4) is 0 Å². The van der Waals surface area contributed by atoms with Crippen molar-refractivity contribution < 1.29 is 13.2 Å². The molecule has 1 aromatic carbocycles. The van der Waals surface area contributed by atoms with Gasteiger partial charge in [-0.2, -0.15) is 4.31 Å². The average molecular weight is 287 g/mol. The lowest BCUT2D eigenvalue weighted by molar-refractivity contribution is 0.0737. The molecular weight excluding hydrogens is 266 g/mol. The van der Waals surface area contributed by atoms with E-state index in [0.29, 0.717) is 18.8 Å². The molecule has 3 N–H and O–H groups in total. The second-order valence-corrected chi connectivity index (χ2v) is 6.40. The molecule has 0 unspecified atom stereocenters. The van der Waals surface area contributed by atoms with E-state index in [1.54, 1.807) is 18.2 Å². The fraction of sp³-hybridized carbons (Fsp3) is 0.500. The molecule has 0 aliphatic rings. The number of rotatable bonds is 7. The molecular formula is C12H21N3O3S. The molecule has 0 heterocycles. The van der Waals surface area contributed by atoms with Crippen LogP contribution in [0.15, 0.2) is 29.2 Å². The van der Waals surface area contributed by atoms with Crippen molar-refractivity contribution in [3.05, 3.63) is 24.3 Å². The summed E-state index contributed by atoms with van der Waals surface area (Å²) < 4.78 is 31.3. The van der Waals surface area contributed by atoms with Gasteiger partial charge in [-0.15, -0.1) is 0 Å². The molecule has 0 saturated heterocycles. The summed E-state index contributed by atoms with van der Waals surface area (Å²) in [5.41, 5.74) is 2.77. The van der Waals surface area contributed by atoms with E-state index in [1.165, 1.54) is 17.4 Å². The Morgan fingerprint density at radius 3 is 2.58 bits per heavy atom. The number of ether oxygens (including phenoxy) is 1. The van der Waals surface area contributed by atoms with Gasteiger partial charge in [0.25, 0.3) is 0 Å². The molecule has 0 saturated carbocycles. The van der Waals surface area contributed by atoms with Gasteiger partial charge >= 0.3 is 0 Å². The lowest BCUT2D eigenvalue weighted by atomic mass is 10.3. The molecule has 0 bridgehead atoms. The van der Waals surface area contributed by atoms with Crippen LogP contribution >= 0.6 is 0 Å². The van der Waals surface area contributed by atoms with E-state index < -0.39 is 10.0 Å². The molecule has 0 radical (unpaired) electrons. The molecule has 1 rings (SSSR count). The number of nitrogen functional groups attached to an aromatic ring is 1. The van der Waals surface area contributed by atoms with Gasteiger partial charge in [0.05, 0.1) is 18.4 Å². The highest BCUT2D eigenvalue weighted by Crippen LogP contribution is 2.22. The zero-order valence-electron chi connectivity index (χ0n) is 11.5. The first kappa shape index (κ1) is 15.9. The molecule has 0 amide bonds. The van der Waals surface area contributed by atoms with E-state index in [2.05, 4.69) is 5.43 Å². The number of anilines is 1. The highest BCUT2D eigenvalue weighted by atomic mass is 32.2. The number of nitrogens with two attached hydrogens (primary N) is 1. The average Bonchev–Trinajstić information content (AvgIpc) is 2.38. The number of benzene rings is 1. The first-order valence-electron chi connectivity index (χ1n) is 6.03. The Morgan fingerprint density at radius 2 is 2.00 bits per heavy atom. The van der Waals surface area contributed by atoms with Crippen LogP contribution in [0, 0.1) is 0 Å². The zero-order chi connectivity index (χ0) is 14.5. The molecule has 0 aromatic heterocycles. The molecule has 0 fully saturated rings. The van der Waals surface area contributed by atoms with Crippen LogP contribution in [0.25, 0.3) is 0 Å². The standard InChI is InChI=1S/C12H21N3O3S/c1-10(2)18-9-8-15(3)19(16,17)12-7-5-4-6-11(12)14-13/h4-7,10,14H,8-9,13H2,1-3H3. The molecule has 0 spiro atoms. The molecule has 0 atom stereocenters. The van der Waals surface area contributed by atoms with Gasteiger partial charge < -0.3 is 10.2 Å². The smallest absolute Gasteiger partial charge is 0.244 e. The van der Waals surface area contributed by atoms with Crippen molar-refractivity contribution in [1.82, 2.24) is 4.31 Å². The van der Waals surface area contributed by atoms with E-state index in [4.69, 9.17) is 10.6 Å². The van der Waals surface area contributed by atoms with Crippen molar-refractivity contribution in [2.24, 2.45) is 5.84 Å². The molecule has 0 aliphatic carbocycles. The molecule has 6 nitrogen and oxygen atoms in total. The Kier molecular flexibility index (Phi) is 5.74. The van der Waals surface area contributed by atoms with Crippen LogP contribution in [0.4, 0.5) is 5.69 Å². The van der Waals surface area contributed by atoms with Gasteiger partial charge in [-0.3, -0.25) is 5.84 Å². The Hall–Kier alpha value is -1.15. The van der Waals surface area contributed by atoms with E-state index in [-0.39, 0.29) is 11.0 Å². The Balaban J connectivity index is 2.85. The third-order valence-electron chi connectivity index (χ3n) is 2.59. The lowest BCUT2D eigenvalue weighted by Crippen LogP contribution is -2.31. The maximum atomic E-state index is 12.4. The Labute approximate surface area is 114 Å². The Bertz CT molecular complexity index is 503. The summed E-state index contributed by atoms with van der Waals surface area (Å²) >= 11 is 0. The predicted octanol–water partition coefficient (Wildman–Crippen LogP) is 1.02. The van der Waals surface area contributed by atoms with Crippen LogP contribution in [-0.2, 0) is 14.8 Å². The second-order valence-electron chi connectivity index (χ2n) is 4.39. The summed E-state index contributed by atoms with van der Waals surface area (Å²) in [5, 5.41) is 0. The number of nitrogens with zero attached hydrogens (tertiary/aromatic N) is 1. The normalized spacial score (nSPS) is 12.1. The minimum atomic E-state index is -3.57. The quantitative estimate of drug-likeness (QED) is 0.578. The van der Waals surface area contributed by atoms with Crippen LogP contribution in [0.3, 0.4) is 0 Å². The third-order valence-corrected chi connectivity index (χ3v) is 4.50. The maximum absolute atomic E-state index is 12.4. The first-order chi connectivity index (χ1) is 8.89. The van der Waals surface area contributed by atoms with Crippen LogP contribution in [-0.4, -0.2) is 39.0 Å². The highest BCUT2D eigenvalue weighted by molar-refractivity contribution is 7.89. The van der Waals surface area contributed by atoms with Gasteiger partial charge in [0.15, 0.2) is 0 Å². The van der Waals surface area contributed by atoms with Gasteiger partial charge in [-0.05, 0) is 26.0 Å². The van der Waals surface area contributed by atoms with Crippen molar-refractivity contribution in [1.29, 1.82) is 0 Å². The summed E-state index contributed by atoms with van der Waals surface area (Å²) in [6.07, 6.45) is 0.0779. The first-order valence-corrected chi connectivity index (χ1v) is 7.47. The van der Waals surface area contributed by atoms with Crippen molar-refractivity contribution >= 4 is 15.7 Å². The van der Waals surface area contributed by atoms with Crippen molar-refractivity contribution in [2.45, 2.75) is 24.8 Å². The molecule has 19 heavy (non-hydrogen) atoms. The minimum absolute atomic E-state index is 0.0779. The number of para-hydroxylation sites is 1. The second kappa shape index (κ2) is 6.85. The number of hydrogen-bond donors (Lipinski definition) is 2. The van der Waals surface area contributed by atoms with Crippen LogP contribution in [0.1, 0.15) is 13.8 Å². The Morgan fingerprint density at radius 1 is 1.37 bits per heavy atom. The van der Waals surface area contributed by atoms with Crippen molar-refractivity contribution in [2.75, 3.05) is 25.6 Å². The highest BCUT2D eigenvalue weighted by Gasteiger charge is 2.23. The molecule has 108 valence electrons. The number of nitrogens with one attached hydrogen (secondary N) is 1. The van der Waals surface area contributed by atoms with Crippen molar-refractivity contribution in [3.63, 3.8) is 0 Å².